The molecule has 4 bridgehead atoms. The molecule has 72 valence electrons. The van der Waals surface area contributed by atoms with E-state index in [2.05, 4.69) is 13.8 Å². The quantitative estimate of drug-likeness (QED) is 0.557. The van der Waals surface area contributed by atoms with E-state index in [0.29, 0.717) is 23.0 Å². The minimum atomic E-state index is 0.324. The lowest BCUT2D eigenvalue weighted by atomic mass is 9.46. The summed E-state index contributed by atoms with van der Waals surface area (Å²) in [5, 5.41) is 0. The van der Waals surface area contributed by atoms with E-state index in [0.717, 1.165) is 11.8 Å². The largest absolute Gasteiger partial charge is 0.299 e. The third-order valence-corrected chi connectivity index (χ3v) is 5.07. The molecule has 0 spiro atoms. The molecule has 0 aromatic carbocycles. The molecule has 4 rings (SSSR count). The monoisotopic (exact) mass is 178 g/mol. The Morgan fingerprint density at radius 1 is 1.15 bits per heavy atom. The van der Waals surface area contributed by atoms with Crippen molar-refractivity contribution in [1.29, 1.82) is 0 Å². The number of rotatable bonds is 0. The van der Waals surface area contributed by atoms with E-state index in [1.807, 2.05) is 0 Å². The van der Waals surface area contributed by atoms with Crippen molar-refractivity contribution in [2.75, 3.05) is 0 Å². The van der Waals surface area contributed by atoms with Crippen LogP contribution in [-0.2, 0) is 4.79 Å². The second-order valence-corrected chi connectivity index (χ2v) is 5.98. The summed E-state index contributed by atoms with van der Waals surface area (Å²) in [7, 11) is 0. The fourth-order valence-corrected chi connectivity index (χ4v) is 4.16. The highest BCUT2D eigenvalue weighted by atomic mass is 16.1. The van der Waals surface area contributed by atoms with Gasteiger partial charge in [0.15, 0.2) is 0 Å². The summed E-state index contributed by atoms with van der Waals surface area (Å²) in [5.41, 5.74) is 0.324. The number of Topliss-reactive ketones (excluding diaryl/α,β-unsaturated/α-hetero) is 1. The van der Waals surface area contributed by atoms with Crippen LogP contribution in [0.3, 0.4) is 0 Å². The van der Waals surface area contributed by atoms with Crippen LogP contribution in [0.2, 0.25) is 0 Å². The first kappa shape index (κ1) is 8.02. The maximum Gasteiger partial charge on any atom is 0.139 e. The lowest BCUT2D eigenvalue weighted by Crippen LogP contribution is -2.55. The summed E-state index contributed by atoms with van der Waals surface area (Å²) in [6.07, 6.45) is 5.05. The Hall–Kier alpha value is -0.330. The molecule has 0 amide bonds. The van der Waals surface area contributed by atoms with Crippen molar-refractivity contribution in [3.8, 4) is 0 Å². The van der Waals surface area contributed by atoms with Crippen LogP contribution in [-0.4, -0.2) is 5.78 Å². The molecule has 0 aromatic heterocycles. The van der Waals surface area contributed by atoms with Crippen molar-refractivity contribution in [2.45, 2.75) is 39.5 Å². The maximum absolute atomic E-state index is 12.0. The number of hydrogen-bond acceptors (Lipinski definition) is 1. The van der Waals surface area contributed by atoms with E-state index in [-0.39, 0.29) is 0 Å². The van der Waals surface area contributed by atoms with Gasteiger partial charge < -0.3 is 0 Å². The van der Waals surface area contributed by atoms with Gasteiger partial charge in [0, 0.05) is 11.8 Å². The third-order valence-electron chi connectivity index (χ3n) is 5.07. The lowest BCUT2D eigenvalue weighted by molar-refractivity contribution is -0.155. The van der Waals surface area contributed by atoms with Gasteiger partial charge in [-0.2, -0.15) is 0 Å². The molecule has 0 aromatic rings. The highest BCUT2D eigenvalue weighted by molar-refractivity contribution is 5.86. The molecule has 0 saturated heterocycles. The van der Waals surface area contributed by atoms with Gasteiger partial charge in [-0.05, 0) is 42.9 Å². The van der Waals surface area contributed by atoms with Crippen molar-refractivity contribution in [2.24, 2.45) is 29.1 Å². The summed E-state index contributed by atoms with van der Waals surface area (Å²) in [5.74, 6) is 3.25. The molecule has 1 heteroatoms. The van der Waals surface area contributed by atoms with Gasteiger partial charge in [-0.25, -0.2) is 0 Å². The fraction of sp³-hybridized carbons (Fsp3) is 0.917. The first-order valence-electron chi connectivity index (χ1n) is 5.62. The van der Waals surface area contributed by atoms with Gasteiger partial charge in [-0.1, -0.05) is 13.8 Å². The van der Waals surface area contributed by atoms with Crippen LogP contribution in [0.15, 0.2) is 0 Å². The second-order valence-electron chi connectivity index (χ2n) is 5.98. The molecule has 13 heavy (non-hydrogen) atoms. The molecule has 1 nitrogen and oxygen atoms in total. The van der Waals surface area contributed by atoms with E-state index < -0.39 is 0 Å². The molecular formula is C12H18O. The van der Waals surface area contributed by atoms with Gasteiger partial charge in [0.05, 0.1) is 0 Å². The Balaban J connectivity index is 2.03. The summed E-state index contributed by atoms with van der Waals surface area (Å²) in [6.45, 7) is 4.63. The first-order chi connectivity index (χ1) is 6.09. The van der Waals surface area contributed by atoms with Gasteiger partial charge in [-0.3, -0.25) is 4.79 Å². The van der Waals surface area contributed by atoms with Gasteiger partial charge >= 0.3 is 0 Å². The molecule has 4 unspecified atom stereocenters. The predicted molar refractivity (Wildman–Crippen MR) is 51.2 cm³/mol. The topological polar surface area (TPSA) is 17.1 Å². The highest BCUT2D eigenvalue weighted by Gasteiger charge is 2.56. The van der Waals surface area contributed by atoms with Crippen LogP contribution in [0, 0.1) is 29.1 Å². The van der Waals surface area contributed by atoms with Crippen LogP contribution in [0.1, 0.15) is 39.5 Å². The number of hydrogen-bond donors (Lipinski definition) is 0. The minimum absolute atomic E-state index is 0.324. The smallest absolute Gasteiger partial charge is 0.139 e. The molecule has 0 radical (unpaired) electrons. The van der Waals surface area contributed by atoms with Crippen molar-refractivity contribution < 1.29 is 4.79 Å². The average molecular weight is 178 g/mol. The minimum Gasteiger partial charge on any atom is -0.299 e. The molecule has 4 fully saturated rings. The van der Waals surface area contributed by atoms with Crippen LogP contribution < -0.4 is 0 Å². The van der Waals surface area contributed by atoms with Gasteiger partial charge in [0.1, 0.15) is 5.78 Å². The predicted octanol–water partition coefficient (Wildman–Crippen LogP) is 2.65. The van der Waals surface area contributed by atoms with E-state index in [1.54, 1.807) is 0 Å². The van der Waals surface area contributed by atoms with Crippen LogP contribution in [0.4, 0.5) is 0 Å². The van der Waals surface area contributed by atoms with E-state index in [9.17, 15) is 4.79 Å². The third kappa shape index (κ3) is 0.858. The van der Waals surface area contributed by atoms with Crippen LogP contribution in [0.5, 0.6) is 0 Å². The van der Waals surface area contributed by atoms with Crippen LogP contribution >= 0.6 is 0 Å². The fourth-order valence-electron chi connectivity index (χ4n) is 4.16. The molecule has 4 saturated carbocycles. The van der Waals surface area contributed by atoms with Gasteiger partial charge in [0.2, 0.25) is 0 Å². The first-order valence-corrected chi connectivity index (χ1v) is 5.62. The van der Waals surface area contributed by atoms with Gasteiger partial charge in [-0.15, -0.1) is 0 Å². The zero-order chi connectivity index (χ0) is 9.22. The van der Waals surface area contributed by atoms with E-state index in [1.165, 1.54) is 25.7 Å². The number of ketones is 1. The molecule has 4 aliphatic rings. The summed E-state index contributed by atoms with van der Waals surface area (Å²) in [4.78, 5) is 12.0. The molecule has 4 atom stereocenters. The number of carbonyl (C=O) groups is 1. The van der Waals surface area contributed by atoms with E-state index in [4.69, 9.17) is 0 Å². The Kier molecular flexibility index (Phi) is 1.35. The summed E-state index contributed by atoms with van der Waals surface area (Å²) < 4.78 is 0. The Bertz CT molecular complexity index is 266. The Labute approximate surface area is 79.9 Å². The molecule has 0 heterocycles. The zero-order valence-corrected chi connectivity index (χ0v) is 8.55. The van der Waals surface area contributed by atoms with Gasteiger partial charge in [0.25, 0.3) is 0 Å². The zero-order valence-electron chi connectivity index (χ0n) is 8.55. The standard InChI is InChI=1S/C12H18O/c1-12(2)9-4-7-3-8(6-9)11(13)10(12)5-7/h7-10H,3-6H2,1-2H3. The summed E-state index contributed by atoms with van der Waals surface area (Å²) in [6, 6.07) is 0. The van der Waals surface area contributed by atoms with Crippen molar-refractivity contribution >= 4 is 5.78 Å². The van der Waals surface area contributed by atoms with Crippen LogP contribution in [0.25, 0.3) is 0 Å². The number of carbonyl (C=O) groups excluding carboxylic acids is 1. The maximum atomic E-state index is 12.0. The SMILES string of the molecule is CC1(C)C2CC3CC(C2)C(=O)C1C3. The Morgan fingerprint density at radius 3 is 2.69 bits per heavy atom. The average Bonchev–Trinajstić information content (AvgIpc) is 2.08. The molecule has 4 aliphatic carbocycles. The second kappa shape index (κ2) is 2.18. The molecular weight excluding hydrogens is 160 g/mol. The summed E-state index contributed by atoms with van der Waals surface area (Å²) >= 11 is 0. The normalized spacial score (nSPS) is 51.4. The highest BCUT2D eigenvalue weighted by Crippen LogP contribution is 2.60. The van der Waals surface area contributed by atoms with Crippen molar-refractivity contribution in [1.82, 2.24) is 0 Å². The lowest BCUT2D eigenvalue weighted by Gasteiger charge is -2.57. The van der Waals surface area contributed by atoms with E-state index >= 15 is 0 Å². The molecule has 0 N–H and O–H groups in total. The van der Waals surface area contributed by atoms with Crippen molar-refractivity contribution in [3.63, 3.8) is 0 Å². The van der Waals surface area contributed by atoms with Crippen molar-refractivity contribution in [3.05, 3.63) is 0 Å². The molecule has 0 aliphatic heterocycles. The Morgan fingerprint density at radius 2 is 1.92 bits per heavy atom.